The Balaban J connectivity index is 3.35. The van der Waals surface area contributed by atoms with Crippen LogP contribution in [0.2, 0.25) is 0 Å². The van der Waals surface area contributed by atoms with Crippen LogP contribution in [0.4, 0.5) is 0 Å². The van der Waals surface area contributed by atoms with E-state index >= 15 is 0 Å². The summed E-state index contributed by atoms with van der Waals surface area (Å²) in [4.78, 5) is 10.5. The van der Waals surface area contributed by atoms with Gasteiger partial charge in [-0.25, -0.2) is 0 Å². The zero-order valence-corrected chi connectivity index (χ0v) is 8.26. The van der Waals surface area contributed by atoms with E-state index in [2.05, 4.69) is 15.9 Å². The summed E-state index contributed by atoms with van der Waals surface area (Å²) in [6.07, 6.45) is 1.52. The van der Waals surface area contributed by atoms with E-state index in [1.165, 1.54) is 6.07 Å². The Hall–Kier alpha value is -0.830. The van der Waals surface area contributed by atoms with Crippen molar-refractivity contribution in [2.45, 2.75) is 13.3 Å². The molecular formula is C9H9BrO2. The zero-order valence-electron chi connectivity index (χ0n) is 6.67. The predicted molar refractivity (Wildman–Crippen MR) is 50.6 cm³/mol. The molecule has 0 saturated heterocycles. The number of phenols is 1. The minimum Gasteiger partial charge on any atom is -0.507 e. The van der Waals surface area contributed by atoms with Crippen molar-refractivity contribution < 1.29 is 9.90 Å². The Morgan fingerprint density at radius 1 is 1.58 bits per heavy atom. The molecule has 0 aliphatic rings. The molecule has 64 valence electrons. The van der Waals surface area contributed by atoms with Gasteiger partial charge in [-0.3, -0.25) is 4.79 Å². The summed E-state index contributed by atoms with van der Waals surface area (Å²) in [5.41, 5.74) is 1.48. The Labute approximate surface area is 79.3 Å². The highest BCUT2D eigenvalue weighted by atomic mass is 79.9. The van der Waals surface area contributed by atoms with Crippen LogP contribution in [-0.4, -0.2) is 11.4 Å². The van der Waals surface area contributed by atoms with Gasteiger partial charge >= 0.3 is 0 Å². The van der Waals surface area contributed by atoms with Gasteiger partial charge < -0.3 is 5.11 Å². The lowest BCUT2D eigenvalue weighted by molar-refractivity contribution is 0.112. The third kappa shape index (κ3) is 1.50. The van der Waals surface area contributed by atoms with Gasteiger partial charge in [0.05, 0.1) is 4.47 Å². The van der Waals surface area contributed by atoms with Crippen LogP contribution in [0.3, 0.4) is 0 Å². The van der Waals surface area contributed by atoms with Crippen molar-refractivity contribution in [3.8, 4) is 5.75 Å². The van der Waals surface area contributed by atoms with E-state index < -0.39 is 0 Å². The minimum atomic E-state index is 0.178. The van der Waals surface area contributed by atoms with Crippen molar-refractivity contribution in [1.82, 2.24) is 0 Å². The zero-order chi connectivity index (χ0) is 9.14. The number of aldehydes is 1. The van der Waals surface area contributed by atoms with E-state index in [-0.39, 0.29) is 5.75 Å². The Morgan fingerprint density at radius 3 is 2.75 bits per heavy atom. The first kappa shape index (κ1) is 9.26. The molecule has 0 amide bonds. The molecule has 0 atom stereocenters. The third-order valence-electron chi connectivity index (χ3n) is 1.74. The van der Waals surface area contributed by atoms with Gasteiger partial charge in [0.15, 0.2) is 0 Å². The molecule has 1 aromatic carbocycles. The van der Waals surface area contributed by atoms with E-state index in [0.29, 0.717) is 10.0 Å². The Kier molecular flexibility index (Phi) is 2.87. The lowest BCUT2D eigenvalue weighted by Gasteiger charge is -2.05. The molecule has 0 aliphatic carbocycles. The fourth-order valence-electron chi connectivity index (χ4n) is 1.09. The van der Waals surface area contributed by atoms with Crippen molar-refractivity contribution in [3.63, 3.8) is 0 Å². The Morgan fingerprint density at radius 2 is 2.25 bits per heavy atom. The van der Waals surface area contributed by atoms with Crippen LogP contribution in [0.1, 0.15) is 22.8 Å². The average molecular weight is 229 g/mol. The van der Waals surface area contributed by atoms with Crippen molar-refractivity contribution in [2.24, 2.45) is 0 Å². The van der Waals surface area contributed by atoms with Gasteiger partial charge in [0.1, 0.15) is 12.0 Å². The number of carbonyl (C=O) groups excluding carboxylic acids is 1. The molecule has 0 unspecified atom stereocenters. The largest absolute Gasteiger partial charge is 0.507 e. The van der Waals surface area contributed by atoms with Gasteiger partial charge in [-0.2, -0.15) is 0 Å². The number of carbonyl (C=O) groups is 1. The van der Waals surface area contributed by atoms with E-state index in [0.717, 1.165) is 18.3 Å². The molecule has 12 heavy (non-hydrogen) atoms. The first-order valence-corrected chi connectivity index (χ1v) is 4.45. The van der Waals surface area contributed by atoms with Gasteiger partial charge in [0.2, 0.25) is 0 Å². The molecule has 1 aromatic rings. The third-order valence-corrected chi connectivity index (χ3v) is 2.62. The number of phenolic OH excluding ortho intramolecular Hbond substituents is 1. The molecule has 0 radical (unpaired) electrons. The van der Waals surface area contributed by atoms with Crippen LogP contribution >= 0.6 is 15.9 Å². The highest BCUT2D eigenvalue weighted by molar-refractivity contribution is 9.10. The van der Waals surface area contributed by atoms with Gasteiger partial charge in [0, 0.05) is 5.56 Å². The van der Waals surface area contributed by atoms with Crippen molar-refractivity contribution in [3.05, 3.63) is 27.7 Å². The fraction of sp³-hybridized carbons (Fsp3) is 0.222. The standard InChI is InChI=1S/C9H9BrO2/c1-2-7-6(5-11)3-4-8(12)9(7)10/h3-5,12H,2H2,1H3. The summed E-state index contributed by atoms with van der Waals surface area (Å²) in [6.45, 7) is 1.94. The summed E-state index contributed by atoms with van der Waals surface area (Å²) in [7, 11) is 0. The van der Waals surface area contributed by atoms with E-state index in [9.17, 15) is 9.90 Å². The molecule has 3 heteroatoms. The first-order chi connectivity index (χ1) is 5.70. The molecule has 0 fully saturated rings. The van der Waals surface area contributed by atoms with Crippen molar-refractivity contribution in [2.75, 3.05) is 0 Å². The first-order valence-electron chi connectivity index (χ1n) is 3.66. The summed E-state index contributed by atoms with van der Waals surface area (Å²) in [6, 6.07) is 3.12. The highest BCUT2D eigenvalue weighted by Crippen LogP contribution is 2.29. The van der Waals surface area contributed by atoms with Crippen LogP contribution in [0, 0.1) is 0 Å². The number of hydrogen-bond acceptors (Lipinski definition) is 2. The molecule has 0 aliphatic heterocycles. The monoisotopic (exact) mass is 228 g/mol. The van der Waals surface area contributed by atoms with Gasteiger partial charge in [-0.15, -0.1) is 0 Å². The minimum absolute atomic E-state index is 0.178. The van der Waals surface area contributed by atoms with Crippen LogP contribution < -0.4 is 0 Å². The van der Waals surface area contributed by atoms with Gasteiger partial charge in [-0.05, 0) is 40.0 Å². The lowest BCUT2D eigenvalue weighted by atomic mass is 10.1. The molecule has 0 heterocycles. The maximum absolute atomic E-state index is 10.5. The molecule has 0 spiro atoms. The van der Waals surface area contributed by atoms with Crippen molar-refractivity contribution in [1.29, 1.82) is 0 Å². The summed E-state index contributed by atoms with van der Waals surface area (Å²) in [5, 5.41) is 9.29. The van der Waals surface area contributed by atoms with Gasteiger partial charge in [0.25, 0.3) is 0 Å². The maximum atomic E-state index is 10.5. The second-order valence-electron chi connectivity index (χ2n) is 2.44. The second-order valence-corrected chi connectivity index (χ2v) is 3.23. The molecule has 0 aromatic heterocycles. The number of aromatic hydroxyl groups is 1. The predicted octanol–water partition coefficient (Wildman–Crippen LogP) is 2.53. The maximum Gasteiger partial charge on any atom is 0.150 e. The molecule has 0 saturated carbocycles. The van der Waals surface area contributed by atoms with Crippen LogP contribution in [0.15, 0.2) is 16.6 Å². The average Bonchev–Trinajstić information content (AvgIpc) is 2.09. The molecule has 0 bridgehead atoms. The molecular weight excluding hydrogens is 220 g/mol. The fourth-order valence-corrected chi connectivity index (χ4v) is 1.73. The van der Waals surface area contributed by atoms with Crippen molar-refractivity contribution >= 4 is 22.2 Å². The van der Waals surface area contributed by atoms with Gasteiger partial charge in [-0.1, -0.05) is 6.92 Å². The van der Waals surface area contributed by atoms with Crippen LogP contribution in [-0.2, 0) is 6.42 Å². The van der Waals surface area contributed by atoms with Crippen LogP contribution in [0.25, 0.3) is 0 Å². The van der Waals surface area contributed by atoms with E-state index in [4.69, 9.17) is 0 Å². The molecule has 1 N–H and O–H groups in total. The number of rotatable bonds is 2. The topological polar surface area (TPSA) is 37.3 Å². The Bertz CT molecular complexity index is 308. The number of benzene rings is 1. The van der Waals surface area contributed by atoms with E-state index in [1.54, 1.807) is 6.07 Å². The number of hydrogen-bond donors (Lipinski definition) is 1. The summed E-state index contributed by atoms with van der Waals surface area (Å²) < 4.78 is 0.620. The second kappa shape index (κ2) is 3.72. The highest BCUT2D eigenvalue weighted by Gasteiger charge is 2.07. The number of halogens is 1. The summed E-state index contributed by atoms with van der Waals surface area (Å²) >= 11 is 3.22. The van der Waals surface area contributed by atoms with E-state index in [1.807, 2.05) is 6.92 Å². The normalized spacial score (nSPS) is 9.83. The SMILES string of the molecule is CCc1c(C=O)ccc(O)c1Br. The van der Waals surface area contributed by atoms with Crippen LogP contribution in [0.5, 0.6) is 5.75 Å². The molecule has 1 rings (SSSR count). The smallest absolute Gasteiger partial charge is 0.150 e. The molecule has 2 nitrogen and oxygen atoms in total. The quantitative estimate of drug-likeness (QED) is 0.791. The summed E-state index contributed by atoms with van der Waals surface area (Å²) in [5.74, 6) is 0.178. The lowest BCUT2D eigenvalue weighted by Crippen LogP contribution is -1.91.